The molecule has 2 aromatic carbocycles. The molecule has 204 valence electrons. The van der Waals surface area contributed by atoms with Gasteiger partial charge in [0.15, 0.2) is 0 Å². The van der Waals surface area contributed by atoms with Gasteiger partial charge in [0.2, 0.25) is 5.88 Å². The monoisotopic (exact) mass is 525 g/mol. The highest BCUT2D eigenvalue weighted by molar-refractivity contribution is 5.69. The summed E-state index contributed by atoms with van der Waals surface area (Å²) in [4.78, 5) is 4.24. The van der Waals surface area contributed by atoms with Crippen LogP contribution in [0, 0.1) is 12.7 Å². The van der Waals surface area contributed by atoms with E-state index in [0.717, 1.165) is 36.3 Å². The fourth-order valence-electron chi connectivity index (χ4n) is 5.08. The summed E-state index contributed by atoms with van der Waals surface area (Å²) in [5.41, 5.74) is 2.69. The number of aliphatic hydroxyl groups is 1. The number of nitrogens with zero attached hydrogens (tertiary/aromatic N) is 3. The van der Waals surface area contributed by atoms with Gasteiger partial charge in [-0.3, -0.25) is 4.90 Å². The molecule has 3 heterocycles. The number of benzene rings is 2. The van der Waals surface area contributed by atoms with Crippen LogP contribution < -0.4 is 9.64 Å². The van der Waals surface area contributed by atoms with Crippen molar-refractivity contribution in [3.8, 4) is 17.0 Å². The Bertz CT molecular complexity index is 1180. The van der Waals surface area contributed by atoms with Crippen LogP contribution in [-0.2, 0) is 16.0 Å². The molecular formula is C29H36FN3O5. The maximum absolute atomic E-state index is 14.9. The highest BCUT2D eigenvalue weighted by Gasteiger charge is 2.29. The summed E-state index contributed by atoms with van der Waals surface area (Å²) in [5.74, 6) is 1.02. The molecule has 2 aliphatic heterocycles. The van der Waals surface area contributed by atoms with Crippen molar-refractivity contribution in [2.24, 2.45) is 0 Å². The van der Waals surface area contributed by atoms with Crippen LogP contribution in [0.5, 0.6) is 5.75 Å². The summed E-state index contributed by atoms with van der Waals surface area (Å²) < 4.78 is 38.1. The van der Waals surface area contributed by atoms with Gasteiger partial charge in [-0.05, 0) is 43.5 Å². The van der Waals surface area contributed by atoms with Gasteiger partial charge in [-0.1, -0.05) is 35.5 Å². The molecule has 0 aliphatic carbocycles. The van der Waals surface area contributed by atoms with Crippen molar-refractivity contribution in [2.75, 3.05) is 57.5 Å². The minimum absolute atomic E-state index is 0.0723. The van der Waals surface area contributed by atoms with Crippen molar-refractivity contribution in [3.05, 3.63) is 65.5 Å². The van der Waals surface area contributed by atoms with Crippen molar-refractivity contribution < 1.29 is 28.2 Å². The maximum atomic E-state index is 14.9. The number of anilines is 1. The summed E-state index contributed by atoms with van der Waals surface area (Å²) in [5, 5.41) is 15.3. The normalized spacial score (nSPS) is 18.7. The molecule has 0 unspecified atom stereocenters. The molecule has 5 rings (SSSR count). The number of ether oxygens (including phenoxy) is 3. The van der Waals surface area contributed by atoms with Gasteiger partial charge in [0.05, 0.1) is 24.9 Å². The lowest BCUT2D eigenvalue weighted by atomic mass is 10.1. The second kappa shape index (κ2) is 12.7. The zero-order valence-electron chi connectivity index (χ0n) is 21.9. The smallest absolute Gasteiger partial charge is 0.232 e. The number of morpholine rings is 1. The first-order valence-electron chi connectivity index (χ1n) is 13.3. The Balaban J connectivity index is 1.39. The van der Waals surface area contributed by atoms with Crippen LogP contribution in [0.2, 0.25) is 0 Å². The van der Waals surface area contributed by atoms with Gasteiger partial charge in [0.1, 0.15) is 30.0 Å². The Hall–Kier alpha value is -2.98. The van der Waals surface area contributed by atoms with Crippen molar-refractivity contribution >= 4 is 5.88 Å². The molecule has 2 atom stereocenters. The topological polar surface area (TPSA) is 80.4 Å². The van der Waals surface area contributed by atoms with E-state index in [4.69, 9.17) is 18.7 Å². The summed E-state index contributed by atoms with van der Waals surface area (Å²) in [6, 6.07) is 14.4. The molecule has 0 spiro atoms. The molecule has 9 heteroatoms. The molecule has 3 aromatic rings. The van der Waals surface area contributed by atoms with Crippen molar-refractivity contribution in [2.45, 2.75) is 38.5 Å². The van der Waals surface area contributed by atoms with E-state index in [1.165, 1.54) is 6.07 Å². The van der Waals surface area contributed by atoms with Gasteiger partial charge < -0.3 is 28.7 Å². The van der Waals surface area contributed by atoms with Gasteiger partial charge in [-0.25, -0.2) is 4.39 Å². The van der Waals surface area contributed by atoms with Gasteiger partial charge in [0.25, 0.3) is 0 Å². The van der Waals surface area contributed by atoms with Gasteiger partial charge >= 0.3 is 0 Å². The standard InChI is InChI=1S/C29H36FN3O5/c1-21-7-2-5-11-27(21)37-20-22(34)17-32(18-23-8-6-14-36-23)19-25-28(24-9-3-4-10-26(24)30)31-38-29(25)33-12-15-35-16-13-33/h2-5,7,9-11,22-23,34H,6,8,12-20H2,1H3/t22-,23-/m0/s1. The molecule has 0 amide bonds. The Morgan fingerprint density at radius 1 is 1.13 bits per heavy atom. The SMILES string of the molecule is Cc1ccccc1OC[C@@H](O)CN(Cc1c(-c2ccccc2F)noc1N1CCOCC1)C[C@@H]1CCCO1. The molecule has 1 N–H and O–H groups in total. The van der Waals surface area contributed by atoms with E-state index in [1.807, 2.05) is 31.2 Å². The van der Waals surface area contributed by atoms with Gasteiger partial charge in [0, 0.05) is 44.9 Å². The van der Waals surface area contributed by atoms with Crippen LogP contribution in [0.15, 0.2) is 53.1 Å². The second-order valence-electron chi connectivity index (χ2n) is 9.95. The van der Waals surface area contributed by atoms with Gasteiger partial charge in [-0.15, -0.1) is 0 Å². The molecule has 1 aromatic heterocycles. The van der Waals surface area contributed by atoms with Crippen LogP contribution in [-0.4, -0.2) is 80.0 Å². The number of hydrogen-bond donors (Lipinski definition) is 1. The van der Waals surface area contributed by atoms with Crippen LogP contribution in [0.25, 0.3) is 11.3 Å². The second-order valence-corrected chi connectivity index (χ2v) is 9.95. The highest BCUT2D eigenvalue weighted by Crippen LogP contribution is 2.34. The fraction of sp³-hybridized carbons (Fsp3) is 0.483. The molecule has 0 saturated carbocycles. The van der Waals surface area contributed by atoms with E-state index in [2.05, 4.69) is 15.0 Å². The first-order valence-corrected chi connectivity index (χ1v) is 13.3. The largest absolute Gasteiger partial charge is 0.491 e. The lowest BCUT2D eigenvalue weighted by Gasteiger charge is -2.30. The van der Waals surface area contributed by atoms with E-state index < -0.39 is 6.10 Å². The number of halogens is 1. The molecule has 0 radical (unpaired) electrons. The lowest BCUT2D eigenvalue weighted by molar-refractivity contribution is 0.0312. The zero-order chi connectivity index (χ0) is 26.3. The summed E-state index contributed by atoms with van der Waals surface area (Å²) in [7, 11) is 0. The quantitative estimate of drug-likeness (QED) is 0.402. The van der Waals surface area contributed by atoms with E-state index in [9.17, 15) is 9.50 Å². The average Bonchev–Trinajstić information content (AvgIpc) is 3.59. The summed E-state index contributed by atoms with van der Waals surface area (Å²) >= 11 is 0. The van der Waals surface area contributed by atoms with E-state index >= 15 is 0 Å². The molecular weight excluding hydrogens is 489 g/mol. The number of aliphatic hydroxyl groups excluding tert-OH is 1. The maximum Gasteiger partial charge on any atom is 0.232 e. The average molecular weight is 526 g/mol. The van der Waals surface area contributed by atoms with Crippen molar-refractivity contribution in [3.63, 3.8) is 0 Å². The van der Waals surface area contributed by atoms with Crippen molar-refractivity contribution in [1.29, 1.82) is 0 Å². The van der Waals surface area contributed by atoms with Gasteiger partial charge in [-0.2, -0.15) is 0 Å². The minimum atomic E-state index is -0.736. The number of para-hydroxylation sites is 1. The third-order valence-electron chi connectivity index (χ3n) is 7.06. The number of aromatic nitrogens is 1. The number of rotatable bonds is 11. The Kier molecular flexibility index (Phi) is 8.90. The molecule has 38 heavy (non-hydrogen) atoms. The van der Waals surface area contributed by atoms with Crippen LogP contribution >= 0.6 is 0 Å². The Morgan fingerprint density at radius 2 is 1.92 bits per heavy atom. The third kappa shape index (κ3) is 6.53. The Morgan fingerprint density at radius 3 is 2.68 bits per heavy atom. The lowest BCUT2D eigenvalue weighted by Crippen LogP contribution is -2.40. The minimum Gasteiger partial charge on any atom is -0.491 e. The summed E-state index contributed by atoms with van der Waals surface area (Å²) in [6.45, 7) is 6.79. The number of hydrogen-bond acceptors (Lipinski definition) is 8. The predicted octanol–water partition coefficient (Wildman–Crippen LogP) is 4.05. The van der Waals surface area contributed by atoms with Crippen molar-refractivity contribution in [1.82, 2.24) is 10.1 Å². The molecule has 2 saturated heterocycles. The van der Waals surface area contributed by atoms with E-state index in [1.54, 1.807) is 18.2 Å². The highest BCUT2D eigenvalue weighted by atomic mass is 19.1. The summed E-state index contributed by atoms with van der Waals surface area (Å²) in [6.07, 6.45) is 1.32. The molecule has 2 aliphatic rings. The predicted molar refractivity (Wildman–Crippen MR) is 142 cm³/mol. The zero-order valence-corrected chi connectivity index (χ0v) is 21.9. The first kappa shape index (κ1) is 26.6. The first-order chi connectivity index (χ1) is 18.6. The Labute approximate surface area is 222 Å². The van der Waals surface area contributed by atoms with E-state index in [-0.39, 0.29) is 18.5 Å². The van der Waals surface area contributed by atoms with Crippen LogP contribution in [0.1, 0.15) is 24.0 Å². The van der Waals surface area contributed by atoms with Crippen LogP contribution in [0.3, 0.4) is 0 Å². The molecule has 0 bridgehead atoms. The van der Waals surface area contributed by atoms with E-state index in [0.29, 0.717) is 63.1 Å². The fourth-order valence-corrected chi connectivity index (χ4v) is 5.08. The molecule has 2 fully saturated rings. The van der Waals surface area contributed by atoms with Crippen LogP contribution in [0.4, 0.5) is 10.3 Å². The molecule has 8 nitrogen and oxygen atoms in total. The third-order valence-corrected chi connectivity index (χ3v) is 7.06. The number of aryl methyl sites for hydroxylation is 1.